The number of rotatable bonds is 6. The molecule has 3 atom stereocenters. The van der Waals surface area contributed by atoms with E-state index in [9.17, 15) is 13.2 Å². The molecule has 0 aliphatic heterocycles. The fourth-order valence-corrected chi connectivity index (χ4v) is 3.52. The molecular weight excluding hydrogens is 796 g/mol. The minimum absolute atomic E-state index is 0. The van der Waals surface area contributed by atoms with Crippen LogP contribution in [0.25, 0.3) is 0 Å². The standard InChI is InChI=1S/C7H14.C7H8.C5H13N.C5H10.C5H12.C5H10.C4H10O.C3H4N2O.C3H8.CHF3.3CH4.Y/c1-6-3-4-7(2)5-6;1-7-5-3-2-4-6-7;1-4-5-6(2)3;1-5-3-2-4-5;2*1-4-5(2)3;1-3-4-5-2;1-3-4-2-5-6-3;1-3-2;2-1(3)4;;;;/h6-7H,3-5H2,1-2H3;2-6H,1H3;4-5H2,1-3H3;5H,2-4H2,1H3;5H,4H2,1-3H3;5H,1-2,4H2,3H3;3-4H2,1-2H3;2H,1H3;3H2,1-2H3;1H;3*1H4;/q;;;;;-2;;;;;;;;. The van der Waals surface area contributed by atoms with Crippen molar-refractivity contribution >= 4 is 0 Å². The summed E-state index contributed by atoms with van der Waals surface area (Å²) >= 11 is 0. The van der Waals surface area contributed by atoms with Gasteiger partial charge in [-0.25, -0.2) is 12.3 Å². The number of nitrogens with zero attached hydrogens (tertiary/aromatic N) is 3. The number of benzene rings is 1. The van der Waals surface area contributed by atoms with Gasteiger partial charge in [-0.15, -0.1) is 0 Å². The van der Waals surface area contributed by atoms with Crippen LogP contribution in [0.1, 0.15) is 181 Å². The molecule has 5 nitrogen and oxygen atoms in total. The maximum Gasteiger partial charge on any atom is 0.379 e. The quantitative estimate of drug-likeness (QED) is 0.270. The van der Waals surface area contributed by atoms with Gasteiger partial charge in [-0.3, -0.25) is 0 Å². The Labute approximate surface area is 383 Å². The van der Waals surface area contributed by atoms with Gasteiger partial charge in [0.15, 0.2) is 6.33 Å². The Morgan fingerprint density at radius 2 is 1.21 bits per heavy atom. The number of aromatic nitrogens is 2. The van der Waals surface area contributed by atoms with E-state index in [2.05, 4.69) is 136 Å². The van der Waals surface area contributed by atoms with E-state index in [4.69, 9.17) is 4.74 Å². The van der Waals surface area contributed by atoms with E-state index in [0.29, 0.717) is 11.8 Å². The molecule has 1 aromatic carbocycles. The predicted octanol–water partition coefficient (Wildman–Crippen LogP) is 16.9. The second-order valence-electron chi connectivity index (χ2n) is 14.6. The normalized spacial score (nSPS) is 14.3. The van der Waals surface area contributed by atoms with Gasteiger partial charge in [0, 0.05) is 53.3 Å². The molecule has 2 fully saturated rings. The van der Waals surface area contributed by atoms with Crippen molar-refractivity contribution in [2.24, 2.45) is 29.6 Å². The molecule has 57 heavy (non-hydrogen) atoms. The summed E-state index contributed by atoms with van der Waals surface area (Å²) < 4.78 is 38.2. The second kappa shape index (κ2) is 67.0. The van der Waals surface area contributed by atoms with Crippen LogP contribution in [-0.4, -0.2) is 56.1 Å². The van der Waals surface area contributed by atoms with Crippen LogP contribution in [0.5, 0.6) is 0 Å². The number of aryl methyl sites for hydroxylation is 2. The maximum absolute atomic E-state index is 9.67. The van der Waals surface area contributed by atoms with Crippen LogP contribution in [0, 0.1) is 57.3 Å². The third-order valence-corrected chi connectivity index (χ3v) is 7.15. The van der Waals surface area contributed by atoms with E-state index in [1.165, 1.54) is 76.2 Å². The molecular formula is C48H102F3N3O2Y-2. The van der Waals surface area contributed by atoms with Crippen LogP contribution < -0.4 is 0 Å². The number of methoxy groups -OCH3 is 1. The Bertz CT molecular complexity index is 816. The largest absolute Gasteiger partial charge is 0.385 e. The van der Waals surface area contributed by atoms with Crippen LogP contribution in [0.3, 0.4) is 0 Å². The molecule has 0 N–H and O–H groups in total. The first-order chi connectivity index (χ1) is 24.8. The van der Waals surface area contributed by atoms with Gasteiger partial charge in [-0.1, -0.05) is 184 Å². The molecule has 4 rings (SSSR count). The van der Waals surface area contributed by atoms with E-state index in [-0.39, 0.29) is 55.0 Å². The van der Waals surface area contributed by atoms with Crippen molar-refractivity contribution in [2.45, 2.75) is 190 Å². The van der Waals surface area contributed by atoms with Crippen molar-refractivity contribution in [3.63, 3.8) is 0 Å². The van der Waals surface area contributed by atoms with Crippen molar-refractivity contribution in [1.29, 1.82) is 0 Å². The van der Waals surface area contributed by atoms with Crippen LogP contribution >= 0.6 is 0 Å². The van der Waals surface area contributed by atoms with E-state index in [1.54, 1.807) is 14.0 Å². The summed E-state index contributed by atoms with van der Waals surface area (Å²) in [7, 11) is 5.89. The molecule has 3 unspecified atom stereocenters. The van der Waals surface area contributed by atoms with Gasteiger partial charge in [-0.2, -0.15) is 18.2 Å². The van der Waals surface area contributed by atoms with Crippen LogP contribution in [0.2, 0.25) is 0 Å². The first-order valence-corrected chi connectivity index (χ1v) is 20.3. The minimum Gasteiger partial charge on any atom is -0.385 e. The fraction of sp³-hybridized carbons (Fsp3) is 0.792. The fourth-order valence-electron chi connectivity index (χ4n) is 3.52. The molecule has 0 saturated heterocycles. The zero-order valence-electron chi connectivity index (χ0n) is 38.4. The number of hydrogen-bond acceptors (Lipinski definition) is 5. The van der Waals surface area contributed by atoms with E-state index < -0.39 is 6.68 Å². The van der Waals surface area contributed by atoms with Crippen LogP contribution in [0.15, 0.2) is 41.2 Å². The van der Waals surface area contributed by atoms with E-state index in [0.717, 1.165) is 43.1 Å². The van der Waals surface area contributed by atoms with Crippen molar-refractivity contribution in [3.05, 3.63) is 62.0 Å². The summed E-state index contributed by atoms with van der Waals surface area (Å²) in [6.07, 6.45) is 16.1. The average Bonchev–Trinajstić information content (AvgIpc) is 3.72. The first kappa shape index (κ1) is 80.2. The predicted molar refractivity (Wildman–Crippen MR) is 249 cm³/mol. The van der Waals surface area contributed by atoms with Gasteiger partial charge in [-0.05, 0) is 70.5 Å². The molecule has 2 aromatic rings. The van der Waals surface area contributed by atoms with Crippen LogP contribution in [0.4, 0.5) is 13.2 Å². The molecule has 1 heterocycles. The average molecular weight is 899 g/mol. The maximum atomic E-state index is 9.67. The smallest absolute Gasteiger partial charge is 0.379 e. The van der Waals surface area contributed by atoms with Gasteiger partial charge < -0.3 is 28.0 Å². The Morgan fingerprint density at radius 3 is 1.28 bits per heavy atom. The Morgan fingerprint density at radius 1 is 0.825 bits per heavy atom. The van der Waals surface area contributed by atoms with Gasteiger partial charge >= 0.3 is 6.68 Å². The van der Waals surface area contributed by atoms with Gasteiger partial charge in [0.1, 0.15) is 0 Å². The number of halogens is 3. The monoisotopic (exact) mass is 899 g/mol. The molecule has 0 bridgehead atoms. The minimum atomic E-state index is -3.67. The number of hydrogen-bond donors (Lipinski definition) is 0. The molecule has 9 heteroatoms. The SMILES string of the molecule is C.C.C.CC1CCC(C)C1.CC1CCC1.CCC.CCC(C)C.CCCN(C)C.CCCOC.Cc1ccccc1.Cc1ncno1.FC(F)F.[CH2-]CC([CH2-])C.[Y]. The zero-order valence-corrected chi connectivity index (χ0v) is 41.2. The van der Waals surface area contributed by atoms with E-state index in [1.807, 2.05) is 25.1 Å². The van der Waals surface area contributed by atoms with Crippen molar-refractivity contribution in [3.8, 4) is 0 Å². The molecule has 2 aliphatic carbocycles. The summed E-state index contributed by atoms with van der Waals surface area (Å²) in [5.41, 5.74) is 1.32. The summed E-state index contributed by atoms with van der Waals surface area (Å²) in [5, 5.41) is 3.34. The topological polar surface area (TPSA) is 51.4 Å². The number of alkyl halides is 3. The molecule has 0 amide bonds. The molecule has 2 saturated carbocycles. The second-order valence-corrected chi connectivity index (χ2v) is 14.6. The van der Waals surface area contributed by atoms with E-state index >= 15 is 0 Å². The zero-order chi connectivity index (χ0) is 42.5. The summed E-state index contributed by atoms with van der Waals surface area (Å²) in [4.78, 5) is 5.82. The molecule has 2 aliphatic rings. The molecule has 347 valence electrons. The Kier molecular flexibility index (Phi) is 94.2. The Hall–Kier alpha value is -0.826. The van der Waals surface area contributed by atoms with Crippen molar-refractivity contribution in [2.75, 3.05) is 34.4 Å². The molecule has 1 radical (unpaired) electrons. The van der Waals surface area contributed by atoms with Crippen LogP contribution in [-0.2, 0) is 37.4 Å². The summed E-state index contributed by atoms with van der Waals surface area (Å²) in [6, 6.07) is 10.3. The molecule has 0 spiro atoms. The number of ether oxygens (including phenoxy) is 1. The Balaban J connectivity index is -0.0000000538. The van der Waals surface area contributed by atoms with Gasteiger partial charge in [0.05, 0.1) is 0 Å². The molecule has 1 aromatic heterocycles. The van der Waals surface area contributed by atoms with Gasteiger partial charge in [0.2, 0.25) is 5.89 Å². The first-order valence-electron chi connectivity index (χ1n) is 20.3. The third kappa shape index (κ3) is 107. The van der Waals surface area contributed by atoms with Gasteiger partial charge in [0.25, 0.3) is 0 Å². The van der Waals surface area contributed by atoms with Crippen molar-refractivity contribution < 1.29 is 55.1 Å². The summed E-state index contributed by atoms with van der Waals surface area (Å²) in [6.45, 7) is 33.8. The third-order valence-electron chi connectivity index (χ3n) is 7.15. The summed E-state index contributed by atoms with van der Waals surface area (Å²) in [5.74, 6) is 5.12. The van der Waals surface area contributed by atoms with Crippen molar-refractivity contribution in [1.82, 2.24) is 15.0 Å².